The molecule has 0 spiro atoms. The lowest BCUT2D eigenvalue weighted by Gasteiger charge is -2.32. The van der Waals surface area contributed by atoms with Crippen molar-refractivity contribution >= 4 is 29.5 Å². The molecule has 0 unspecified atom stereocenters. The minimum absolute atomic E-state index is 0.105. The highest BCUT2D eigenvalue weighted by Crippen LogP contribution is 2.37. The molecule has 2 rings (SSSR count). The largest absolute Gasteiger partial charge is 0.498 e. The minimum atomic E-state index is -0.470. The first kappa shape index (κ1) is 17.2. The second-order valence-corrected chi connectivity index (χ2v) is 7.33. The molecular weight excluding hydrogens is 299 g/mol. The average molecular weight is 322 g/mol. The molecule has 0 amide bonds. The Bertz CT molecular complexity index is 562. The van der Waals surface area contributed by atoms with Crippen LogP contribution in [0.3, 0.4) is 0 Å². The standard InChI is InChI=1S/C15H23BN2O3S/c1-14(2)15(3,4)21-16(20-14)11-8-10(9-22-13(17)18)6-7-12(11)19-5/h6-8H,9H2,1-5H3,(H3,17,18). The van der Waals surface area contributed by atoms with Crippen molar-refractivity contribution in [1.29, 1.82) is 5.41 Å². The van der Waals surface area contributed by atoms with Crippen LogP contribution in [0.1, 0.15) is 33.3 Å². The van der Waals surface area contributed by atoms with Gasteiger partial charge in [-0.15, -0.1) is 0 Å². The summed E-state index contributed by atoms with van der Waals surface area (Å²) in [5.74, 6) is 1.36. The van der Waals surface area contributed by atoms with Gasteiger partial charge in [0.25, 0.3) is 0 Å². The summed E-state index contributed by atoms with van der Waals surface area (Å²) >= 11 is 1.29. The quantitative estimate of drug-likeness (QED) is 0.504. The molecule has 0 bridgehead atoms. The number of hydrogen-bond acceptors (Lipinski definition) is 5. The number of methoxy groups -OCH3 is 1. The van der Waals surface area contributed by atoms with E-state index in [1.807, 2.05) is 45.9 Å². The van der Waals surface area contributed by atoms with Crippen LogP contribution in [0.5, 0.6) is 5.75 Å². The maximum atomic E-state index is 7.31. The Hall–Kier alpha value is -1.18. The van der Waals surface area contributed by atoms with Crippen molar-refractivity contribution in [3.63, 3.8) is 0 Å². The Morgan fingerprint density at radius 1 is 1.27 bits per heavy atom. The Morgan fingerprint density at radius 3 is 2.36 bits per heavy atom. The fourth-order valence-electron chi connectivity index (χ4n) is 2.19. The zero-order valence-electron chi connectivity index (χ0n) is 13.7. The van der Waals surface area contributed by atoms with Gasteiger partial charge in [0.15, 0.2) is 5.17 Å². The maximum Gasteiger partial charge on any atom is 0.498 e. The van der Waals surface area contributed by atoms with E-state index >= 15 is 0 Å². The molecule has 3 N–H and O–H groups in total. The van der Waals surface area contributed by atoms with E-state index in [-0.39, 0.29) is 5.17 Å². The summed E-state index contributed by atoms with van der Waals surface area (Å²) in [5.41, 5.74) is 6.52. The predicted octanol–water partition coefficient (Wildman–Crippen LogP) is 2.12. The number of hydrogen-bond donors (Lipinski definition) is 2. The average Bonchev–Trinajstić information content (AvgIpc) is 2.64. The SMILES string of the molecule is COc1ccc(CSC(=N)N)cc1B1OC(C)(C)C(C)(C)O1. The second kappa shape index (κ2) is 6.14. The first-order chi connectivity index (χ1) is 10.2. The van der Waals surface area contributed by atoms with Crippen molar-refractivity contribution in [3.8, 4) is 5.75 Å². The normalized spacial score (nSPS) is 19.2. The zero-order valence-corrected chi connectivity index (χ0v) is 14.5. The van der Waals surface area contributed by atoms with Crippen LogP contribution in [0, 0.1) is 5.41 Å². The summed E-state index contributed by atoms with van der Waals surface area (Å²) in [6, 6.07) is 5.86. The molecule has 1 aliphatic rings. The van der Waals surface area contributed by atoms with Crippen LogP contribution >= 0.6 is 11.8 Å². The molecule has 120 valence electrons. The molecule has 5 nitrogen and oxygen atoms in total. The van der Waals surface area contributed by atoms with E-state index in [2.05, 4.69) is 0 Å². The molecule has 0 radical (unpaired) electrons. The van der Waals surface area contributed by atoms with Gasteiger partial charge in [-0.3, -0.25) is 5.41 Å². The summed E-state index contributed by atoms with van der Waals surface area (Å²) < 4.78 is 17.6. The van der Waals surface area contributed by atoms with Gasteiger partial charge in [-0.2, -0.15) is 0 Å². The lowest BCUT2D eigenvalue weighted by Crippen LogP contribution is -2.41. The van der Waals surface area contributed by atoms with E-state index in [1.54, 1.807) is 7.11 Å². The van der Waals surface area contributed by atoms with Crippen LogP contribution in [-0.4, -0.2) is 30.6 Å². The Kier molecular flexibility index (Phi) is 4.80. The van der Waals surface area contributed by atoms with Crippen molar-refractivity contribution < 1.29 is 14.0 Å². The van der Waals surface area contributed by atoms with Gasteiger partial charge >= 0.3 is 7.12 Å². The lowest BCUT2D eigenvalue weighted by molar-refractivity contribution is 0.00578. The monoisotopic (exact) mass is 322 g/mol. The van der Waals surface area contributed by atoms with E-state index in [1.165, 1.54) is 11.8 Å². The van der Waals surface area contributed by atoms with E-state index < -0.39 is 18.3 Å². The Morgan fingerprint density at radius 2 is 1.86 bits per heavy atom. The van der Waals surface area contributed by atoms with Crippen molar-refractivity contribution in [2.45, 2.75) is 44.6 Å². The molecule has 0 atom stereocenters. The molecule has 0 aliphatic carbocycles. The molecule has 22 heavy (non-hydrogen) atoms. The summed E-state index contributed by atoms with van der Waals surface area (Å²) in [6.45, 7) is 8.09. The topological polar surface area (TPSA) is 77.6 Å². The molecular formula is C15H23BN2O3S. The predicted molar refractivity (Wildman–Crippen MR) is 91.9 cm³/mol. The van der Waals surface area contributed by atoms with Gasteiger partial charge in [-0.05, 0) is 39.3 Å². The molecule has 0 saturated carbocycles. The van der Waals surface area contributed by atoms with Crippen LogP contribution < -0.4 is 15.9 Å². The first-order valence-electron chi connectivity index (χ1n) is 7.15. The Labute approximate surface area is 136 Å². The number of nitrogens with one attached hydrogen (secondary N) is 1. The van der Waals surface area contributed by atoms with Crippen LogP contribution in [0.25, 0.3) is 0 Å². The molecule has 1 aromatic carbocycles. The number of amidine groups is 1. The highest BCUT2D eigenvalue weighted by atomic mass is 32.2. The van der Waals surface area contributed by atoms with E-state index in [0.29, 0.717) is 5.75 Å². The van der Waals surface area contributed by atoms with Crippen LogP contribution in [0.4, 0.5) is 0 Å². The molecule has 0 aromatic heterocycles. The number of ether oxygens (including phenoxy) is 1. The van der Waals surface area contributed by atoms with Crippen LogP contribution in [0.2, 0.25) is 0 Å². The second-order valence-electron chi connectivity index (χ2n) is 6.32. The van der Waals surface area contributed by atoms with Gasteiger partial charge in [0.1, 0.15) is 5.75 Å². The zero-order chi connectivity index (χ0) is 16.5. The smallest absolute Gasteiger partial charge is 0.497 e. The summed E-state index contributed by atoms with van der Waals surface area (Å²) in [7, 11) is 1.16. The maximum absolute atomic E-state index is 7.31. The molecule has 1 aliphatic heterocycles. The molecule has 7 heteroatoms. The van der Waals surface area contributed by atoms with Crippen molar-refractivity contribution in [3.05, 3.63) is 23.8 Å². The summed E-state index contributed by atoms with van der Waals surface area (Å²) in [6.07, 6.45) is 0. The number of benzene rings is 1. The van der Waals surface area contributed by atoms with Gasteiger partial charge in [0, 0.05) is 11.2 Å². The lowest BCUT2D eigenvalue weighted by atomic mass is 9.77. The first-order valence-corrected chi connectivity index (χ1v) is 8.14. The van der Waals surface area contributed by atoms with Gasteiger partial charge < -0.3 is 19.8 Å². The summed E-state index contributed by atoms with van der Waals surface area (Å²) in [5, 5.41) is 7.42. The molecule has 1 heterocycles. The third-order valence-corrected chi connectivity index (χ3v) is 4.98. The van der Waals surface area contributed by atoms with Gasteiger partial charge in [0.2, 0.25) is 0 Å². The highest BCUT2D eigenvalue weighted by molar-refractivity contribution is 8.13. The van der Waals surface area contributed by atoms with Crippen molar-refractivity contribution in [2.24, 2.45) is 5.73 Å². The van der Waals surface area contributed by atoms with E-state index in [0.717, 1.165) is 16.8 Å². The fraction of sp³-hybridized carbons (Fsp3) is 0.533. The van der Waals surface area contributed by atoms with Gasteiger partial charge in [0.05, 0.1) is 18.3 Å². The molecule has 1 fully saturated rings. The number of thioether (sulfide) groups is 1. The van der Waals surface area contributed by atoms with Gasteiger partial charge in [-0.25, -0.2) is 0 Å². The molecule has 1 saturated heterocycles. The molecule has 1 aromatic rings. The van der Waals surface area contributed by atoms with E-state index in [4.69, 9.17) is 25.2 Å². The summed E-state index contributed by atoms with van der Waals surface area (Å²) in [4.78, 5) is 0. The Balaban J connectivity index is 2.29. The number of nitrogens with two attached hydrogens (primary N) is 1. The van der Waals surface area contributed by atoms with E-state index in [9.17, 15) is 0 Å². The third-order valence-electron chi connectivity index (χ3n) is 4.20. The van der Waals surface area contributed by atoms with Crippen LogP contribution in [0.15, 0.2) is 18.2 Å². The van der Waals surface area contributed by atoms with Crippen molar-refractivity contribution in [2.75, 3.05) is 7.11 Å². The van der Waals surface area contributed by atoms with Crippen molar-refractivity contribution in [1.82, 2.24) is 0 Å². The number of rotatable bonds is 4. The minimum Gasteiger partial charge on any atom is -0.497 e. The van der Waals surface area contributed by atoms with Gasteiger partial charge in [-0.1, -0.05) is 23.9 Å². The van der Waals surface area contributed by atoms with Crippen LogP contribution in [-0.2, 0) is 15.1 Å². The highest BCUT2D eigenvalue weighted by Gasteiger charge is 2.52. The third kappa shape index (κ3) is 3.42. The fourth-order valence-corrected chi connectivity index (χ4v) is 2.69.